The summed E-state index contributed by atoms with van der Waals surface area (Å²) in [7, 11) is 0. The molecule has 2 aliphatic heterocycles. The number of benzene rings is 1. The van der Waals surface area contributed by atoms with Gasteiger partial charge in [-0.1, -0.05) is 15.9 Å². The number of hydrogen-bond acceptors (Lipinski definition) is 3. The van der Waals surface area contributed by atoms with Crippen molar-refractivity contribution in [2.45, 2.75) is 37.6 Å². The molecule has 2 unspecified atom stereocenters. The quantitative estimate of drug-likeness (QED) is 0.794. The third-order valence-corrected chi connectivity index (χ3v) is 4.88. The smallest absolute Gasteiger partial charge is 0.165 e. The van der Waals surface area contributed by atoms with E-state index < -0.39 is 11.7 Å². The SMILES string of the molecule is CC1OC(O)C2(CCOCC2)c2cc(F)cc(Br)c21. The molecule has 0 saturated carbocycles. The molecule has 19 heavy (non-hydrogen) atoms. The average Bonchev–Trinajstić information content (AvgIpc) is 2.36. The molecule has 104 valence electrons. The van der Waals surface area contributed by atoms with Crippen LogP contribution in [0.5, 0.6) is 0 Å². The maximum absolute atomic E-state index is 13.8. The predicted octanol–water partition coefficient (Wildman–Crippen LogP) is 3.05. The summed E-state index contributed by atoms with van der Waals surface area (Å²) in [5.41, 5.74) is 1.24. The van der Waals surface area contributed by atoms with Crippen LogP contribution in [0.4, 0.5) is 4.39 Å². The number of hydrogen-bond donors (Lipinski definition) is 1. The Morgan fingerprint density at radius 3 is 2.74 bits per heavy atom. The molecule has 0 aromatic heterocycles. The molecule has 0 radical (unpaired) electrons. The second kappa shape index (κ2) is 4.81. The van der Waals surface area contributed by atoms with E-state index in [1.807, 2.05) is 6.92 Å². The van der Waals surface area contributed by atoms with Gasteiger partial charge < -0.3 is 14.6 Å². The van der Waals surface area contributed by atoms with E-state index >= 15 is 0 Å². The molecule has 0 aliphatic carbocycles. The summed E-state index contributed by atoms with van der Waals surface area (Å²) >= 11 is 3.41. The lowest BCUT2D eigenvalue weighted by Gasteiger charge is -2.47. The van der Waals surface area contributed by atoms with Gasteiger partial charge >= 0.3 is 0 Å². The number of aliphatic hydroxyl groups excluding tert-OH is 1. The zero-order valence-corrected chi connectivity index (χ0v) is 12.2. The average molecular weight is 331 g/mol. The van der Waals surface area contributed by atoms with Gasteiger partial charge in [-0.25, -0.2) is 4.39 Å². The molecule has 1 saturated heterocycles. The van der Waals surface area contributed by atoms with Crippen molar-refractivity contribution in [1.29, 1.82) is 0 Å². The first-order valence-electron chi connectivity index (χ1n) is 6.45. The van der Waals surface area contributed by atoms with E-state index in [1.165, 1.54) is 12.1 Å². The highest BCUT2D eigenvalue weighted by molar-refractivity contribution is 9.10. The van der Waals surface area contributed by atoms with Gasteiger partial charge in [0.15, 0.2) is 6.29 Å². The lowest BCUT2D eigenvalue weighted by atomic mass is 9.69. The minimum absolute atomic E-state index is 0.256. The van der Waals surface area contributed by atoms with E-state index in [0.29, 0.717) is 30.5 Å². The van der Waals surface area contributed by atoms with E-state index in [4.69, 9.17) is 9.47 Å². The lowest BCUT2D eigenvalue weighted by Crippen LogP contribution is -2.49. The Morgan fingerprint density at radius 2 is 2.05 bits per heavy atom. The summed E-state index contributed by atoms with van der Waals surface area (Å²) in [6, 6.07) is 2.98. The van der Waals surface area contributed by atoms with E-state index in [2.05, 4.69) is 15.9 Å². The van der Waals surface area contributed by atoms with Gasteiger partial charge in [0.2, 0.25) is 0 Å². The number of aliphatic hydroxyl groups is 1. The predicted molar refractivity (Wildman–Crippen MR) is 71.3 cm³/mol. The van der Waals surface area contributed by atoms with Gasteiger partial charge in [0, 0.05) is 17.7 Å². The topological polar surface area (TPSA) is 38.7 Å². The number of rotatable bonds is 0. The van der Waals surface area contributed by atoms with Crippen LogP contribution in [0.1, 0.15) is 37.0 Å². The van der Waals surface area contributed by atoms with Gasteiger partial charge in [-0.15, -0.1) is 0 Å². The molecule has 1 aromatic carbocycles. The Hall–Kier alpha value is -0.490. The van der Waals surface area contributed by atoms with Crippen molar-refractivity contribution in [1.82, 2.24) is 0 Å². The van der Waals surface area contributed by atoms with Crippen LogP contribution in [0, 0.1) is 5.82 Å². The van der Waals surface area contributed by atoms with Gasteiger partial charge in [0.05, 0.1) is 11.5 Å². The van der Waals surface area contributed by atoms with Crippen molar-refractivity contribution in [2.24, 2.45) is 0 Å². The molecule has 5 heteroatoms. The Bertz CT molecular complexity index is 500. The Labute approximate surface area is 119 Å². The highest BCUT2D eigenvalue weighted by Crippen LogP contribution is 2.49. The standard InChI is InChI=1S/C14H16BrFO3/c1-8-12-10(6-9(16)7-11(12)15)14(13(17)19-8)2-4-18-5-3-14/h6-8,13,17H,2-5H2,1H3. The molecular weight excluding hydrogens is 315 g/mol. The van der Waals surface area contributed by atoms with Crippen molar-refractivity contribution in [3.8, 4) is 0 Å². The van der Waals surface area contributed by atoms with E-state index in [0.717, 1.165) is 11.1 Å². The Balaban J connectivity index is 2.20. The fourth-order valence-electron chi connectivity index (χ4n) is 3.19. The third kappa shape index (κ3) is 2.03. The van der Waals surface area contributed by atoms with Gasteiger partial charge in [-0.3, -0.25) is 0 Å². The molecule has 1 N–H and O–H groups in total. The van der Waals surface area contributed by atoms with Crippen molar-refractivity contribution in [3.63, 3.8) is 0 Å². The van der Waals surface area contributed by atoms with Gasteiger partial charge in [-0.2, -0.15) is 0 Å². The molecule has 1 aromatic rings. The Morgan fingerprint density at radius 1 is 1.37 bits per heavy atom. The monoisotopic (exact) mass is 330 g/mol. The fourth-order valence-corrected chi connectivity index (χ4v) is 3.94. The second-order valence-electron chi connectivity index (χ2n) is 5.25. The van der Waals surface area contributed by atoms with E-state index in [9.17, 15) is 9.50 Å². The Kier molecular flexibility index (Phi) is 3.41. The molecule has 0 amide bonds. The van der Waals surface area contributed by atoms with Crippen LogP contribution in [0.2, 0.25) is 0 Å². The minimum Gasteiger partial charge on any atom is -0.381 e. The second-order valence-corrected chi connectivity index (χ2v) is 6.10. The lowest BCUT2D eigenvalue weighted by molar-refractivity contribution is -0.203. The number of ether oxygens (including phenoxy) is 2. The first-order valence-corrected chi connectivity index (χ1v) is 7.24. The van der Waals surface area contributed by atoms with Crippen LogP contribution in [0.25, 0.3) is 0 Å². The molecule has 2 aliphatic rings. The fraction of sp³-hybridized carbons (Fsp3) is 0.571. The van der Waals surface area contributed by atoms with Gasteiger partial charge in [0.1, 0.15) is 5.82 Å². The normalized spacial score (nSPS) is 29.3. The largest absolute Gasteiger partial charge is 0.381 e. The maximum atomic E-state index is 13.8. The van der Waals surface area contributed by atoms with Crippen molar-refractivity contribution in [3.05, 3.63) is 33.5 Å². The molecule has 1 spiro atoms. The minimum atomic E-state index is -0.910. The van der Waals surface area contributed by atoms with Crippen LogP contribution >= 0.6 is 15.9 Å². The first kappa shape index (κ1) is 13.5. The highest BCUT2D eigenvalue weighted by Gasteiger charge is 2.48. The molecule has 2 heterocycles. The summed E-state index contributed by atoms with van der Waals surface area (Å²) in [6.45, 7) is 2.99. The number of fused-ring (bicyclic) bond motifs is 2. The number of halogens is 2. The van der Waals surface area contributed by atoms with Crippen LogP contribution in [0.15, 0.2) is 16.6 Å². The van der Waals surface area contributed by atoms with Crippen molar-refractivity contribution in [2.75, 3.05) is 13.2 Å². The third-order valence-electron chi connectivity index (χ3n) is 4.23. The molecule has 2 atom stereocenters. The molecule has 1 fully saturated rings. The van der Waals surface area contributed by atoms with Crippen LogP contribution in [-0.2, 0) is 14.9 Å². The zero-order valence-electron chi connectivity index (χ0n) is 10.7. The molecular formula is C14H16BrFO3. The summed E-state index contributed by atoms with van der Waals surface area (Å²) in [5, 5.41) is 10.4. The molecule has 3 nitrogen and oxygen atoms in total. The van der Waals surface area contributed by atoms with Crippen molar-refractivity contribution >= 4 is 15.9 Å². The summed E-state index contributed by atoms with van der Waals surface area (Å²) in [6.07, 6.45) is 0.120. The maximum Gasteiger partial charge on any atom is 0.165 e. The van der Waals surface area contributed by atoms with Gasteiger partial charge in [0.25, 0.3) is 0 Å². The first-order chi connectivity index (χ1) is 9.04. The van der Waals surface area contributed by atoms with Crippen LogP contribution in [-0.4, -0.2) is 24.6 Å². The van der Waals surface area contributed by atoms with Gasteiger partial charge in [-0.05, 0) is 43.0 Å². The van der Waals surface area contributed by atoms with E-state index in [-0.39, 0.29) is 11.9 Å². The summed E-state index contributed by atoms with van der Waals surface area (Å²) in [5.74, 6) is -0.294. The summed E-state index contributed by atoms with van der Waals surface area (Å²) in [4.78, 5) is 0. The zero-order chi connectivity index (χ0) is 13.6. The van der Waals surface area contributed by atoms with Crippen molar-refractivity contribution < 1.29 is 19.0 Å². The summed E-state index contributed by atoms with van der Waals surface area (Å²) < 4.78 is 25.5. The van der Waals surface area contributed by atoms with Crippen LogP contribution < -0.4 is 0 Å². The highest BCUT2D eigenvalue weighted by atomic mass is 79.9. The van der Waals surface area contributed by atoms with Crippen LogP contribution in [0.3, 0.4) is 0 Å². The van der Waals surface area contributed by atoms with E-state index in [1.54, 1.807) is 0 Å². The molecule has 0 bridgehead atoms. The molecule has 3 rings (SSSR count).